The van der Waals surface area contributed by atoms with Gasteiger partial charge in [0.1, 0.15) is 6.61 Å². The van der Waals surface area contributed by atoms with Gasteiger partial charge >= 0.3 is 0 Å². The zero-order valence-corrected chi connectivity index (χ0v) is 15.2. The van der Waals surface area contributed by atoms with Crippen LogP contribution in [-0.2, 0) is 16.3 Å². The molecule has 0 aliphatic heterocycles. The highest BCUT2D eigenvalue weighted by Crippen LogP contribution is 2.30. The predicted molar refractivity (Wildman–Crippen MR) is 94.0 cm³/mol. The van der Waals surface area contributed by atoms with E-state index in [0.717, 1.165) is 23.1 Å². The summed E-state index contributed by atoms with van der Waals surface area (Å²) in [7, 11) is -3.23. The van der Waals surface area contributed by atoms with E-state index in [9.17, 15) is 13.5 Å². The predicted octanol–water partition coefficient (Wildman–Crippen LogP) is 2.86. The maximum Gasteiger partial charge on any atom is 0.221 e. The minimum absolute atomic E-state index is 0.111. The van der Waals surface area contributed by atoms with Crippen molar-refractivity contribution in [2.75, 3.05) is 12.9 Å². The fourth-order valence-electron chi connectivity index (χ4n) is 2.14. The normalized spacial score (nSPS) is 12.2. The summed E-state index contributed by atoms with van der Waals surface area (Å²) in [6.45, 7) is 5.47. The van der Waals surface area contributed by atoms with Gasteiger partial charge in [-0.05, 0) is 49.6 Å². The Kier molecular flexibility index (Phi) is 5.30. The van der Waals surface area contributed by atoms with Crippen molar-refractivity contribution in [1.82, 2.24) is 4.98 Å². The summed E-state index contributed by atoms with van der Waals surface area (Å²) in [5, 5.41) is 9.85. The quantitative estimate of drug-likeness (QED) is 0.868. The molecule has 0 fully saturated rings. The second-order valence-corrected chi connectivity index (χ2v) is 8.46. The number of aryl methyl sites for hydroxylation is 1. The van der Waals surface area contributed by atoms with E-state index in [2.05, 4.69) is 4.98 Å². The molecule has 0 radical (unpaired) electrons. The van der Waals surface area contributed by atoms with E-state index in [1.807, 2.05) is 13.0 Å². The third-order valence-electron chi connectivity index (χ3n) is 3.47. The molecule has 2 rings (SSSR count). The number of benzene rings is 1. The number of sulfone groups is 1. The summed E-state index contributed by atoms with van der Waals surface area (Å²) < 4.78 is 28.9. The standard InChI is InChI=1S/C18H23NO4S/c1-5-13-10-16(17(19-11-13)23-12-18(2,3)20)14-6-8-15(9-7-14)24(4,21)22/h6-11,20H,5,12H2,1-4H3. The molecule has 0 amide bonds. The highest BCUT2D eigenvalue weighted by molar-refractivity contribution is 7.90. The Morgan fingerprint density at radius 3 is 2.33 bits per heavy atom. The lowest BCUT2D eigenvalue weighted by Gasteiger charge is -2.19. The summed E-state index contributed by atoms with van der Waals surface area (Å²) in [6.07, 6.45) is 3.75. The summed E-state index contributed by atoms with van der Waals surface area (Å²) in [5.41, 5.74) is 1.67. The van der Waals surface area contributed by atoms with E-state index >= 15 is 0 Å². The molecular formula is C18H23NO4S. The Hall–Kier alpha value is -1.92. The largest absolute Gasteiger partial charge is 0.474 e. The maximum absolute atomic E-state index is 11.6. The van der Waals surface area contributed by atoms with Crippen molar-refractivity contribution in [3.63, 3.8) is 0 Å². The Balaban J connectivity index is 2.43. The number of aromatic nitrogens is 1. The Labute approximate surface area is 143 Å². The Morgan fingerprint density at radius 1 is 1.21 bits per heavy atom. The van der Waals surface area contributed by atoms with Crippen molar-refractivity contribution in [2.24, 2.45) is 0 Å². The van der Waals surface area contributed by atoms with Crippen LogP contribution in [0.25, 0.3) is 11.1 Å². The molecule has 0 atom stereocenters. The highest BCUT2D eigenvalue weighted by atomic mass is 32.2. The van der Waals surface area contributed by atoms with Gasteiger partial charge in [0.15, 0.2) is 9.84 Å². The van der Waals surface area contributed by atoms with Gasteiger partial charge in [-0.3, -0.25) is 0 Å². The lowest BCUT2D eigenvalue weighted by atomic mass is 10.0. The second kappa shape index (κ2) is 6.91. The number of hydrogen-bond donors (Lipinski definition) is 1. The number of rotatable bonds is 6. The van der Waals surface area contributed by atoms with Gasteiger partial charge in [0.25, 0.3) is 0 Å². The molecule has 130 valence electrons. The average molecular weight is 349 g/mol. The van der Waals surface area contributed by atoms with Crippen molar-refractivity contribution >= 4 is 9.84 Å². The smallest absolute Gasteiger partial charge is 0.221 e. The fraction of sp³-hybridized carbons (Fsp3) is 0.389. The van der Waals surface area contributed by atoms with Gasteiger partial charge in [-0.2, -0.15) is 0 Å². The number of ether oxygens (including phenoxy) is 1. The molecule has 0 saturated carbocycles. The Bertz CT molecular complexity index is 806. The molecule has 5 nitrogen and oxygen atoms in total. The zero-order valence-electron chi connectivity index (χ0n) is 14.4. The van der Waals surface area contributed by atoms with Crippen LogP contribution in [0.4, 0.5) is 0 Å². The van der Waals surface area contributed by atoms with Crippen LogP contribution in [0.2, 0.25) is 0 Å². The van der Waals surface area contributed by atoms with Crippen molar-refractivity contribution in [2.45, 2.75) is 37.7 Å². The lowest BCUT2D eigenvalue weighted by Crippen LogP contribution is -2.28. The number of pyridine rings is 1. The van der Waals surface area contributed by atoms with Crippen LogP contribution in [0.1, 0.15) is 26.3 Å². The van der Waals surface area contributed by atoms with Crippen LogP contribution < -0.4 is 4.74 Å². The molecule has 1 aromatic heterocycles. The molecule has 0 spiro atoms. The molecule has 0 unspecified atom stereocenters. The van der Waals surface area contributed by atoms with Gasteiger partial charge in [0, 0.05) is 18.0 Å². The minimum Gasteiger partial charge on any atom is -0.474 e. The average Bonchev–Trinajstić information content (AvgIpc) is 2.51. The van der Waals surface area contributed by atoms with Crippen LogP contribution in [0.5, 0.6) is 5.88 Å². The summed E-state index contributed by atoms with van der Waals surface area (Å²) >= 11 is 0. The van der Waals surface area contributed by atoms with Crippen LogP contribution >= 0.6 is 0 Å². The SMILES string of the molecule is CCc1cnc(OCC(C)(C)O)c(-c2ccc(S(C)(=O)=O)cc2)c1. The number of nitrogens with zero attached hydrogens (tertiary/aromatic N) is 1. The molecule has 0 aliphatic rings. The van der Waals surface area contributed by atoms with Crippen molar-refractivity contribution in [3.8, 4) is 17.0 Å². The molecule has 24 heavy (non-hydrogen) atoms. The molecule has 0 aliphatic carbocycles. The molecule has 1 N–H and O–H groups in total. The van der Waals surface area contributed by atoms with Crippen LogP contribution in [0.15, 0.2) is 41.4 Å². The Morgan fingerprint density at radius 2 is 1.83 bits per heavy atom. The molecular weight excluding hydrogens is 326 g/mol. The van der Waals surface area contributed by atoms with E-state index in [-0.39, 0.29) is 11.5 Å². The molecule has 0 saturated heterocycles. The third-order valence-corrected chi connectivity index (χ3v) is 4.60. The summed E-state index contributed by atoms with van der Waals surface area (Å²) in [4.78, 5) is 4.62. The monoisotopic (exact) mass is 349 g/mol. The van der Waals surface area contributed by atoms with E-state index < -0.39 is 15.4 Å². The highest BCUT2D eigenvalue weighted by Gasteiger charge is 2.17. The van der Waals surface area contributed by atoms with Crippen LogP contribution in [0.3, 0.4) is 0 Å². The van der Waals surface area contributed by atoms with E-state index in [0.29, 0.717) is 5.88 Å². The topological polar surface area (TPSA) is 76.5 Å². The van der Waals surface area contributed by atoms with Crippen LogP contribution in [-0.4, -0.2) is 37.0 Å². The zero-order chi connectivity index (χ0) is 18.0. The van der Waals surface area contributed by atoms with Crippen molar-refractivity contribution in [3.05, 3.63) is 42.1 Å². The number of aliphatic hydroxyl groups is 1. The number of hydrogen-bond acceptors (Lipinski definition) is 5. The van der Waals surface area contributed by atoms with Gasteiger partial charge in [-0.1, -0.05) is 19.1 Å². The molecule has 2 aromatic rings. The molecule has 0 bridgehead atoms. The second-order valence-electron chi connectivity index (χ2n) is 6.45. The van der Waals surface area contributed by atoms with Crippen molar-refractivity contribution in [1.29, 1.82) is 0 Å². The molecule has 6 heteroatoms. The van der Waals surface area contributed by atoms with E-state index in [1.165, 1.54) is 6.26 Å². The first-order valence-corrected chi connectivity index (χ1v) is 9.64. The van der Waals surface area contributed by atoms with Gasteiger partial charge in [0.2, 0.25) is 5.88 Å². The fourth-order valence-corrected chi connectivity index (χ4v) is 2.77. The van der Waals surface area contributed by atoms with E-state index in [4.69, 9.17) is 4.74 Å². The van der Waals surface area contributed by atoms with Gasteiger partial charge in [-0.25, -0.2) is 13.4 Å². The molecule has 1 aromatic carbocycles. The first-order chi connectivity index (χ1) is 11.1. The van der Waals surface area contributed by atoms with Gasteiger partial charge < -0.3 is 9.84 Å². The summed E-state index contributed by atoms with van der Waals surface area (Å²) in [6, 6.07) is 8.60. The van der Waals surface area contributed by atoms with Gasteiger partial charge in [-0.15, -0.1) is 0 Å². The first-order valence-electron chi connectivity index (χ1n) is 7.75. The summed E-state index contributed by atoms with van der Waals surface area (Å²) in [5.74, 6) is 0.418. The maximum atomic E-state index is 11.6. The van der Waals surface area contributed by atoms with E-state index in [1.54, 1.807) is 44.3 Å². The first kappa shape index (κ1) is 18.4. The minimum atomic E-state index is -3.23. The lowest BCUT2D eigenvalue weighted by molar-refractivity contribution is 0.0270. The third kappa shape index (κ3) is 4.79. The van der Waals surface area contributed by atoms with Gasteiger partial charge in [0.05, 0.1) is 10.5 Å². The van der Waals surface area contributed by atoms with Crippen LogP contribution in [0, 0.1) is 0 Å². The van der Waals surface area contributed by atoms with Crippen molar-refractivity contribution < 1.29 is 18.3 Å². The molecule has 1 heterocycles.